The number of carbonyl (C=O) groups is 1. The Bertz CT molecular complexity index is 1600. The lowest BCUT2D eigenvalue weighted by molar-refractivity contribution is 0.102. The minimum absolute atomic E-state index is 0.0806. The number of H-pyrrole nitrogens is 1. The first-order chi connectivity index (χ1) is 17.4. The van der Waals surface area contributed by atoms with Crippen LogP contribution in [0.2, 0.25) is 0 Å². The zero-order chi connectivity index (χ0) is 25.4. The highest BCUT2D eigenvalue weighted by molar-refractivity contribution is 6.06. The third-order valence-electron chi connectivity index (χ3n) is 6.22. The van der Waals surface area contributed by atoms with Crippen molar-refractivity contribution in [2.45, 2.75) is 20.3 Å². The van der Waals surface area contributed by atoms with Crippen molar-refractivity contribution in [2.24, 2.45) is 7.05 Å². The van der Waals surface area contributed by atoms with E-state index in [1.54, 1.807) is 48.3 Å². The number of aromatic nitrogens is 5. The Hall–Kier alpha value is -4.66. The molecular weight excluding hydrogens is 456 g/mol. The molecule has 182 valence electrons. The van der Waals surface area contributed by atoms with Crippen LogP contribution in [0.15, 0.2) is 54.7 Å². The summed E-state index contributed by atoms with van der Waals surface area (Å²) < 4.78 is 7.07. The molecule has 3 aromatic heterocycles. The number of carbonyl (C=O) groups excluding carboxylic acids is 1. The number of ether oxygens (including phenoxy) is 1. The number of methoxy groups -OCH3 is 1. The molecule has 0 saturated carbocycles. The van der Waals surface area contributed by atoms with Crippen LogP contribution in [0.25, 0.3) is 33.5 Å². The van der Waals surface area contributed by atoms with Crippen LogP contribution in [0, 0.1) is 6.92 Å². The maximum atomic E-state index is 13.0. The largest absolute Gasteiger partial charge is 0.507 e. The summed E-state index contributed by atoms with van der Waals surface area (Å²) in [6, 6.07) is 14.2. The van der Waals surface area contributed by atoms with Crippen LogP contribution in [0.3, 0.4) is 0 Å². The van der Waals surface area contributed by atoms with Crippen molar-refractivity contribution in [1.82, 2.24) is 24.7 Å². The average molecular weight is 483 g/mol. The number of aromatic hydroxyl groups is 1. The van der Waals surface area contributed by atoms with Gasteiger partial charge in [-0.25, -0.2) is 9.97 Å². The molecule has 9 nitrogen and oxygen atoms in total. The SMILES string of the molecule is CCc1nn(C)c(NC(=O)c2ccc3nc(-c4cc(-c5cccnc5OC)ccc4O)[nH]c3c2)c1C. The van der Waals surface area contributed by atoms with Gasteiger partial charge in [0, 0.05) is 29.9 Å². The first-order valence-corrected chi connectivity index (χ1v) is 11.6. The number of rotatable bonds is 6. The molecule has 36 heavy (non-hydrogen) atoms. The topological polar surface area (TPSA) is 118 Å². The summed E-state index contributed by atoms with van der Waals surface area (Å²) in [4.78, 5) is 25.1. The van der Waals surface area contributed by atoms with Gasteiger partial charge in [0.15, 0.2) is 0 Å². The van der Waals surface area contributed by atoms with Gasteiger partial charge in [-0.05, 0) is 61.4 Å². The van der Waals surface area contributed by atoms with Gasteiger partial charge in [0.2, 0.25) is 5.88 Å². The zero-order valence-corrected chi connectivity index (χ0v) is 20.5. The molecule has 0 radical (unpaired) electrons. The Balaban J connectivity index is 1.48. The van der Waals surface area contributed by atoms with Gasteiger partial charge in [0.05, 0.1) is 29.4 Å². The van der Waals surface area contributed by atoms with E-state index in [4.69, 9.17) is 4.74 Å². The molecule has 3 N–H and O–H groups in total. The van der Waals surface area contributed by atoms with Gasteiger partial charge in [-0.1, -0.05) is 13.0 Å². The molecule has 1 amide bonds. The third-order valence-corrected chi connectivity index (χ3v) is 6.22. The number of anilines is 1. The highest BCUT2D eigenvalue weighted by Crippen LogP contribution is 2.35. The van der Waals surface area contributed by atoms with Crippen LogP contribution in [0.5, 0.6) is 11.6 Å². The molecule has 0 bridgehead atoms. The number of nitrogens with zero attached hydrogens (tertiary/aromatic N) is 4. The van der Waals surface area contributed by atoms with Crippen molar-refractivity contribution in [3.63, 3.8) is 0 Å². The van der Waals surface area contributed by atoms with E-state index in [-0.39, 0.29) is 11.7 Å². The van der Waals surface area contributed by atoms with Crippen molar-refractivity contribution < 1.29 is 14.6 Å². The Kier molecular flexibility index (Phi) is 5.89. The highest BCUT2D eigenvalue weighted by atomic mass is 16.5. The van der Waals surface area contributed by atoms with E-state index in [2.05, 4.69) is 25.4 Å². The number of fused-ring (bicyclic) bond motifs is 1. The van der Waals surface area contributed by atoms with E-state index < -0.39 is 0 Å². The van der Waals surface area contributed by atoms with Crippen molar-refractivity contribution in [3.05, 3.63) is 71.5 Å². The number of phenolic OH excluding ortho intramolecular Hbond substituents is 1. The molecular formula is C27H26N6O3. The first-order valence-electron chi connectivity index (χ1n) is 11.6. The Labute approximate surface area is 207 Å². The number of phenols is 1. The number of hydrogen-bond donors (Lipinski definition) is 3. The Morgan fingerprint density at radius 3 is 2.75 bits per heavy atom. The summed E-state index contributed by atoms with van der Waals surface area (Å²) in [5, 5.41) is 18.0. The van der Waals surface area contributed by atoms with Crippen LogP contribution in [-0.2, 0) is 13.5 Å². The summed E-state index contributed by atoms with van der Waals surface area (Å²) in [5.74, 6) is 1.49. The molecule has 0 aliphatic carbocycles. The quantitative estimate of drug-likeness (QED) is 0.318. The number of aromatic amines is 1. The van der Waals surface area contributed by atoms with Gasteiger partial charge < -0.3 is 20.1 Å². The molecule has 9 heteroatoms. The monoisotopic (exact) mass is 482 g/mol. The van der Waals surface area contributed by atoms with Crippen LogP contribution in [-0.4, -0.2) is 42.9 Å². The van der Waals surface area contributed by atoms with Gasteiger partial charge >= 0.3 is 0 Å². The number of amides is 1. The second kappa shape index (κ2) is 9.18. The minimum atomic E-state index is -0.240. The summed E-state index contributed by atoms with van der Waals surface area (Å²) in [7, 11) is 3.38. The Morgan fingerprint density at radius 1 is 1.17 bits per heavy atom. The molecule has 5 aromatic rings. The van der Waals surface area contributed by atoms with Crippen molar-refractivity contribution in [2.75, 3.05) is 12.4 Å². The Morgan fingerprint density at radius 2 is 2.00 bits per heavy atom. The van der Waals surface area contributed by atoms with Gasteiger partial charge in [-0.15, -0.1) is 0 Å². The lowest BCUT2D eigenvalue weighted by Gasteiger charge is -2.09. The lowest BCUT2D eigenvalue weighted by Crippen LogP contribution is -2.15. The minimum Gasteiger partial charge on any atom is -0.507 e. The maximum Gasteiger partial charge on any atom is 0.256 e. The predicted octanol–water partition coefficient (Wildman–Crippen LogP) is 4.86. The fraction of sp³-hybridized carbons (Fsp3) is 0.185. The average Bonchev–Trinajstić information content (AvgIpc) is 3.44. The number of aryl methyl sites for hydroxylation is 2. The molecule has 2 aromatic carbocycles. The smallest absolute Gasteiger partial charge is 0.256 e. The molecule has 0 spiro atoms. The number of nitrogens with one attached hydrogen (secondary N) is 2. The van der Waals surface area contributed by atoms with Crippen LogP contribution in [0.1, 0.15) is 28.5 Å². The summed E-state index contributed by atoms with van der Waals surface area (Å²) in [6.45, 7) is 3.99. The number of benzene rings is 2. The van der Waals surface area contributed by atoms with Gasteiger partial charge in [0.1, 0.15) is 17.4 Å². The van der Waals surface area contributed by atoms with Crippen LogP contribution < -0.4 is 10.1 Å². The number of hydrogen-bond acceptors (Lipinski definition) is 6. The molecule has 0 aliphatic rings. The van der Waals surface area contributed by atoms with E-state index >= 15 is 0 Å². The second-order valence-electron chi connectivity index (χ2n) is 8.46. The summed E-state index contributed by atoms with van der Waals surface area (Å²) in [5.41, 5.74) is 5.89. The summed E-state index contributed by atoms with van der Waals surface area (Å²) in [6.07, 6.45) is 2.45. The molecule has 0 saturated heterocycles. The maximum absolute atomic E-state index is 13.0. The van der Waals surface area contributed by atoms with E-state index in [0.29, 0.717) is 39.7 Å². The molecule has 0 unspecified atom stereocenters. The lowest BCUT2D eigenvalue weighted by atomic mass is 10.0. The highest BCUT2D eigenvalue weighted by Gasteiger charge is 2.17. The fourth-order valence-electron chi connectivity index (χ4n) is 4.32. The molecule has 0 aliphatic heterocycles. The second-order valence-corrected chi connectivity index (χ2v) is 8.46. The van der Waals surface area contributed by atoms with Crippen molar-refractivity contribution in [1.29, 1.82) is 0 Å². The first kappa shape index (κ1) is 23.1. The summed E-state index contributed by atoms with van der Waals surface area (Å²) >= 11 is 0. The fourth-order valence-corrected chi connectivity index (χ4v) is 4.32. The van der Waals surface area contributed by atoms with E-state index in [1.807, 2.05) is 39.1 Å². The van der Waals surface area contributed by atoms with Gasteiger partial charge in [-0.2, -0.15) is 5.10 Å². The van der Waals surface area contributed by atoms with E-state index in [9.17, 15) is 9.90 Å². The van der Waals surface area contributed by atoms with Crippen LogP contribution in [0.4, 0.5) is 5.82 Å². The standard InChI is InChI=1S/C27H26N6O3/c1-5-20-15(2)25(33(3)32-20)31-26(35)17-8-10-21-22(14-17)30-24(29-21)19-13-16(9-11-23(19)34)18-7-6-12-28-27(18)36-4/h6-14,34H,5H2,1-4H3,(H,29,30)(H,31,35). The number of pyridine rings is 1. The van der Waals surface area contributed by atoms with Crippen LogP contribution >= 0.6 is 0 Å². The normalized spacial score (nSPS) is 11.1. The number of imidazole rings is 1. The zero-order valence-electron chi connectivity index (χ0n) is 20.5. The van der Waals surface area contributed by atoms with Crippen molar-refractivity contribution >= 4 is 22.8 Å². The van der Waals surface area contributed by atoms with Gasteiger partial charge in [-0.3, -0.25) is 9.48 Å². The molecule has 0 atom stereocenters. The van der Waals surface area contributed by atoms with Gasteiger partial charge in [0.25, 0.3) is 5.91 Å². The molecule has 0 fully saturated rings. The van der Waals surface area contributed by atoms with E-state index in [0.717, 1.165) is 28.8 Å². The molecule has 5 rings (SSSR count). The third kappa shape index (κ3) is 4.04. The van der Waals surface area contributed by atoms with Crippen molar-refractivity contribution in [3.8, 4) is 34.1 Å². The molecule has 3 heterocycles. The predicted molar refractivity (Wildman–Crippen MR) is 138 cm³/mol. The van der Waals surface area contributed by atoms with E-state index in [1.165, 1.54) is 0 Å².